The highest BCUT2D eigenvalue weighted by atomic mass is 35.5. The summed E-state index contributed by atoms with van der Waals surface area (Å²) in [5.41, 5.74) is 0.864. The first-order chi connectivity index (χ1) is 9.95. The van der Waals surface area contributed by atoms with Gasteiger partial charge < -0.3 is 9.84 Å². The van der Waals surface area contributed by atoms with E-state index >= 15 is 0 Å². The lowest BCUT2D eigenvalue weighted by Gasteiger charge is -2.06. The first-order valence-electron chi connectivity index (χ1n) is 5.70. The number of aromatic hydroxyl groups is 1. The van der Waals surface area contributed by atoms with E-state index in [2.05, 4.69) is 16.6 Å². The first-order valence-corrected chi connectivity index (χ1v) is 6.08. The molecule has 0 unspecified atom stereocenters. The van der Waals surface area contributed by atoms with Gasteiger partial charge in [-0.25, -0.2) is 4.39 Å². The van der Waals surface area contributed by atoms with Crippen LogP contribution in [0.25, 0.3) is 0 Å². The van der Waals surface area contributed by atoms with Crippen molar-refractivity contribution in [1.82, 2.24) is 0 Å². The van der Waals surface area contributed by atoms with E-state index in [1.807, 2.05) is 0 Å². The van der Waals surface area contributed by atoms with Crippen LogP contribution in [0.5, 0.6) is 11.5 Å². The average molecular weight is 313 g/mol. The van der Waals surface area contributed by atoms with Gasteiger partial charge in [0.2, 0.25) is 0 Å². The molecule has 2 aromatic carbocycles. The summed E-state index contributed by atoms with van der Waals surface area (Å²) in [5.74, 6) is 4.03. The van der Waals surface area contributed by atoms with Crippen molar-refractivity contribution in [2.24, 2.45) is 0 Å². The Hall–Kier alpha value is -2.32. The molecule has 2 rings (SSSR count). The highest BCUT2D eigenvalue weighted by molar-refractivity contribution is 6.32. The quantitative estimate of drug-likeness (QED) is 0.843. The molecule has 0 saturated carbocycles. The minimum atomic E-state index is -2.96. The van der Waals surface area contributed by atoms with Crippen LogP contribution in [0, 0.1) is 17.7 Å². The predicted octanol–water partition coefficient (Wildman–Crippen LogP) is 4.19. The molecule has 0 radical (unpaired) electrons. The van der Waals surface area contributed by atoms with Gasteiger partial charge in [0, 0.05) is 11.1 Å². The summed E-state index contributed by atoms with van der Waals surface area (Å²) in [6.45, 7) is -2.96. The molecular weight excluding hydrogens is 305 g/mol. The average Bonchev–Trinajstić information content (AvgIpc) is 2.42. The van der Waals surface area contributed by atoms with Gasteiger partial charge in [-0.1, -0.05) is 23.4 Å². The molecule has 0 aliphatic heterocycles. The number of alkyl halides is 2. The van der Waals surface area contributed by atoms with E-state index in [0.29, 0.717) is 11.1 Å². The summed E-state index contributed by atoms with van der Waals surface area (Å²) in [6.07, 6.45) is 0. The second-order valence-electron chi connectivity index (χ2n) is 3.94. The monoisotopic (exact) mass is 312 g/mol. The predicted molar refractivity (Wildman–Crippen MR) is 72.1 cm³/mol. The molecule has 2 aromatic rings. The van der Waals surface area contributed by atoms with E-state index in [-0.39, 0.29) is 10.8 Å². The molecule has 0 amide bonds. The van der Waals surface area contributed by atoms with Crippen LogP contribution in [-0.4, -0.2) is 11.7 Å². The van der Waals surface area contributed by atoms with Gasteiger partial charge >= 0.3 is 6.61 Å². The number of rotatable bonds is 2. The van der Waals surface area contributed by atoms with E-state index in [4.69, 9.17) is 11.6 Å². The lowest BCUT2D eigenvalue weighted by Crippen LogP contribution is -2.02. The molecule has 0 aliphatic carbocycles. The van der Waals surface area contributed by atoms with E-state index in [1.165, 1.54) is 30.3 Å². The normalized spacial score (nSPS) is 10.1. The Morgan fingerprint density at radius 3 is 2.24 bits per heavy atom. The molecule has 0 fully saturated rings. The van der Waals surface area contributed by atoms with Gasteiger partial charge in [-0.3, -0.25) is 0 Å². The third-order valence-electron chi connectivity index (χ3n) is 2.45. The Balaban J connectivity index is 2.22. The van der Waals surface area contributed by atoms with Crippen LogP contribution in [0.15, 0.2) is 36.4 Å². The van der Waals surface area contributed by atoms with Crippen molar-refractivity contribution in [2.75, 3.05) is 0 Å². The molecule has 0 aromatic heterocycles. The van der Waals surface area contributed by atoms with Crippen molar-refractivity contribution in [1.29, 1.82) is 0 Å². The Labute approximate surface area is 123 Å². The van der Waals surface area contributed by atoms with Crippen LogP contribution in [0.3, 0.4) is 0 Å². The summed E-state index contributed by atoms with van der Waals surface area (Å²) < 4.78 is 41.2. The summed E-state index contributed by atoms with van der Waals surface area (Å²) in [4.78, 5) is 0. The molecule has 1 N–H and O–H groups in total. The van der Waals surface area contributed by atoms with Gasteiger partial charge in [-0.2, -0.15) is 8.78 Å². The standard InChI is InChI=1S/C15H8ClF3O2/c16-11-7-9(4-6-14(11)21-15(18)19)1-2-10-3-5-12(17)13(20)8-10/h3-8,15,20H. The second-order valence-corrected chi connectivity index (χ2v) is 4.35. The molecule has 2 nitrogen and oxygen atoms in total. The molecule has 6 heteroatoms. The van der Waals surface area contributed by atoms with Crippen LogP contribution >= 0.6 is 11.6 Å². The number of phenolic OH excluding ortho intramolecular Hbond substituents is 1. The van der Waals surface area contributed by atoms with Gasteiger partial charge in [0.05, 0.1) is 5.02 Å². The molecule has 108 valence electrons. The Bertz CT molecular complexity index is 721. The number of ether oxygens (including phenoxy) is 1. The van der Waals surface area contributed by atoms with E-state index < -0.39 is 18.2 Å². The number of halogens is 4. The summed E-state index contributed by atoms with van der Waals surface area (Å²) in [5, 5.41) is 9.21. The molecular formula is C15H8ClF3O2. The molecule has 0 aliphatic rings. The van der Waals surface area contributed by atoms with Crippen LogP contribution in [-0.2, 0) is 0 Å². The molecule has 0 atom stereocenters. The van der Waals surface area contributed by atoms with Gasteiger partial charge in [0.25, 0.3) is 0 Å². The number of phenols is 1. The van der Waals surface area contributed by atoms with Crippen molar-refractivity contribution in [3.05, 3.63) is 58.4 Å². The Morgan fingerprint density at radius 1 is 1.05 bits per heavy atom. The van der Waals surface area contributed by atoms with Crippen LogP contribution in [0.2, 0.25) is 5.02 Å². The third-order valence-corrected chi connectivity index (χ3v) is 2.74. The highest BCUT2D eigenvalue weighted by Crippen LogP contribution is 2.26. The van der Waals surface area contributed by atoms with Gasteiger partial charge in [0.1, 0.15) is 5.75 Å². The number of hydrogen-bond acceptors (Lipinski definition) is 2. The van der Waals surface area contributed by atoms with Crippen molar-refractivity contribution >= 4 is 11.6 Å². The zero-order valence-corrected chi connectivity index (χ0v) is 11.2. The van der Waals surface area contributed by atoms with Crippen LogP contribution in [0.4, 0.5) is 13.2 Å². The lowest BCUT2D eigenvalue weighted by atomic mass is 10.1. The highest BCUT2D eigenvalue weighted by Gasteiger charge is 2.08. The summed E-state index contributed by atoms with van der Waals surface area (Å²) in [7, 11) is 0. The van der Waals surface area contributed by atoms with Crippen molar-refractivity contribution in [3.8, 4) is 23.3 Å². The summed E-state index contributed by atoms with van der Waals surface area (Å²) in [6, 6.07) is 7.78. The minimum Gasteiger partial charge on any atom is -0.505 e. The number of hydrogen-bond donors (Lipinski definition) is 1. The van der Waals surface area contributed by atoms with Gasteiger partial charge in [-0.15, -0.1) is 0 Å². The van der Waals surface area contributed by atoms with E-state index in [9.17, 15) is 18.3 Å². The lowest BCUT2D eigenvalue weighted by molar-refractivity contribution is -0.0497. The molecule has 21 heavy (non-hydrogen) atoms. The molecule has 0 spiro atoms. The second kappa shape index (κ2) is 6.42. The fourth-order valence-electron chi connectivity index (χ4n) is 1.50. The van der Waals surface area contributed by atoms with Crippen LogP contribution < -0.4 is 4.74 Å². The topological polar surface area (TPSA) is 29.5 Å². The fraction of sp³-hybridized carbons (Fsp3) is 0.0667. The zero-order valence-electron chi connectivity index (χ0n) is 10.4. The Kier molecular flexibility index (Phi) is 4.61. The molecule has 0 saturated heterocycles. The Morgan fingerprint density at radius 2 is 1.67 bits per heavy atom. The van der Waals surface area contributed by atoms with E-state index in [0.717, 1.165) is 6.07 Å². The third kappa shape index (κ3) is 4.07. The fourth-order valence-corrected chi connectivity index (χ4v) is 1.73. The smallest absolute Gasteiger partial charge is 0.387 e. The van der Waals surface area contributed by atoms with Crippen molar-refractivity contribution in [2.45, 2.75) is 6.61 Å². The minimum absolute atomic E-state index is 0.00375. The maximum Gasteiger partial charge on any atom is 0.387 e. The molecule has 0 bridgehead atoms. The van der Waals surface area contributed by atoms with Gasteiger partial charge in [0.15, 0.2) is 11.6 Å². The first kappa shape index (κ1) is 15.1. The van der Waals surface area contributed by atoms with E-state index in [1.54, 1.807) is 0 Å². The van der Waals surface area contributed by atoms with Crippen molar-refractivity contribution < 1.29 is 23.0 Å². The SMILES string of the molecule is Oc1cc(C#Cc2ccc(OC(F)F)c(Cl)c2)ccc1F. The maximum absolute atomic E-state index is 12.9. The van der Waals surface area contributed by atoms with Crippen LogP contribution in [0.1, 0.15) is 11.1 Å². The molecule has 0 heterocycles. The van der Waals surface area contributed by atoms with Crippen molar-refractivity contribution in [3.63, 3.8) is 0 Å². The largest absolute Gasteiger partial charge is 0.505 e. The maximum atomic E-state index is 12.9. The number of benzene rings is 2. The zero-order chi connectivity index (χ0) is 15.4. The summed E-state index contributed by atoms with van der Waals surface area (Å²) >= 11 is 5.79. The van der Waals surface area contributed by atoms with Gasteiger partial charge in [-0.05, 0) is 36.4 Å².